The fraction of sp³-hybridized carbons (Fsp3) is 0.538. The van der Waals surface area contributed by atoms with Gasteiger partial charge in [-0.25, -0.2) is 0 Å². The maximum absolute atomic E-state index is 10.9. The molecule has 0 spiro atoms. The first-order valence-corrected chi connectivity index (χ1v) is 6.16. The van der Waals surface area contributed by atoms with Crippen molar-refractivity contribution in [1.82, 2.24) is 0 Å². The molecule has 2 rings (SSSR count). The number of benzene rings is 1. The molecule has 0 saturated carbocycles. The number of nitrogens with zero attached hydrogens (tertiary/aromatic N) is 3. The average molecular weight is 250 g/mol. The second kappa shape index (κ2) is 4.24. The van der Waals surface area contributed by atoms with Gasteiger partial charge >= 0.3 is 0 Å². The normalized spacial score (nSPS) is 16.6. The van der Waals surface area contributed by atoms with Gasteiger partial charge in [-0.15, -0.1) is 0 Å². The molecule has 1 aromatic rings. The molecule has 1 aliphatic heterocycles. The Kier molecular flexibility index (Phi) is 3.02. The van der Waals surface area contributed by atoms with Crippen LogP contribution in [0, 0.1) is 10.1 Å². The molecular formula is C13H20N3O2+. The highest BCUT2D eigenvalue weighted by Gasteiger charge is 2.32. The Morgan fingerprint density at radius 2 is 2.06 bits per heavy atom. The van der Waals surface area contributed by atoms with Crippen molar-refractivity contribution in [3.63, 3.8) is 0 Å². The highest BCUT2D eigenvalue weighted by atomic mass is 16.6. The van der Waals surface area contributed by atoms with Gasteiger partial charge in [0, 0.05) is 25.6 Å². The lowest BCUT2D eigenvalue weighted by atomic mass is 10.1. The first-order chi connectivity index (χ1) is 8.30. The van der Waals surface area contributed by atoms with Crippen molar-refractivity contribution in [3.8, 4) is 0 Å². The first-order valence-electron chi connectivity index (χ1n) is 6.16. The standard InChI is InChI=1S/C13H20N3O2/c1-10(16(2,3)4)14-8-7-11-5-6-12(15(17)18)9-13(11)14/h5-6,9-10H,7-8H2,1-4H3/q+1. The number of quaternary nitrogens is 1. The number of fused-ring (bicyclic) bond motifs is 1. The summed E-state index contributed by atoms with van der Waals surface area (Å²) >= 11 is 0. The van der Waals surface area contributed by atoms with Crippen molar-refractivity contribution in [1.29, 1.82) is 0 Å². The molecule has 1 atom stereocenters. The highest BCUT2D eigenvalue weighted by Crippen LogP contribution is 2.34. The summed E-state index contributed by atoms with van der Waals surface area (Å²) in [5.41, 5.74) is 2.40. The fourth-order valence-electron chi connectivity index (χ4n) is 2.31. The molecule has 5 nitrogen and oxygen atoms in total. The molecule has 0 saturated heterocycles. The van der Waals surface area contributed by atoms with E-state index in [0.717, 1.165) is 23.1 Å². The summed E-state index contributed by atoms with van der Waals surface area (Å²) in [6.45, 7) is 3.10. The Hall–Kier alpha value is -1.62. The van der Waals surface area contributed by atoms with Crippen molar-refractivity contribution in [2.45, 2.75) is 19.5 Å². The number of nitro benzene ring substituents is 1. The number of nitro groups is 1. The van der Waals surface area contributed by atoms with Crippen LogP contribution in [-0.4, -0.2) is 43.3 Å². The second-order valence-corrected chi connectivity index (χ2v) is 5.76. The van der Waals surface area contributed by atoms with Crippen LogP contribution < -0.4 is 4.90 Å². The predicted molar refractivity (Wildman–Crippen MR) is 71.6 cm³/mol. The Labute approximate surface area is 107 Å². The van der Waals surface area contributed by atoms with Gasteiger partial charge in [0.15, 0.2) is 6.17 Å². The molecule has 0 N–H and O–H groups in total. The van der Waals surface area contributed by atoms with Crippen LogP contribution in [0.5, 0.6) is 0 Å². The third kappa shape index (κ3) is 2.18. The van der Waals surface area contributed by atoms with E-state index in [1.165, 1.54) is 5.56 Å². The largest absolute Gasteiger partial charge is 0.322 e. The number of hydrogen-bond donors (Lipinski definition) is 0. The van der Waals surface area contributed by atoms with E-state index in [4.69, 9.17) is 0 Å². The van der Waals surface area contributed by atoms with E-state index in [1.807, 2.05) is 6.07 Å². The zero-order chi connectivity index (χ0) is 13.5. The molecule has 1 aromatic carbocycles. The molecule has 1 unspecified atom stereocenters. The lowest BCUT2D eigenvalue weighted by Crippen LogP contribution is -2.53. The van der Waals surface area contributed by atoms with Gasteiger partial charge in [-0.05, 0) is 12.0 Å². The second-order valence-electron chi connectivity index (χ2n) is 5.76. The molecule has 0 bridgehead atoms. The maximum Gasteiger partial charge on any atom is 0.271 e. The van der Waals surface area contributed by atoms with Crippen molar-refractivity contribution in [2.75, 3.05) is 32.6 Å². The topological polar surface area (TPSA) is 46.4 Å². The monoisotopic (exact) mass is 250 g/mol. The maximum atomic E-state index is 10.9. The minimum atomic E-state index is -0.326. The molecule has 18 heavy (non-hydrogen) atoms. The van der Waals surface area contributed by atoms with E-state index in [9.17, 15) is 10.1 Å². The van der Waals surface area contributed by atoms with Crippen LogP contribution in [0.15, 0.2) is 18.2 Å². The molecule has 5 heteroatoms. The van der Waals surface area contributed by atoms with Crippen LogP contribution in [0.1, 0.15) is 12.5 Å². The summed E-state index contributed by atoms with van der Waals surface area (Å²) in [4.78, 5) is 12.8. The molecule has 0 fully saturated rings. The number of hydrogen-bond acceptors (Lipinski definition) is 3. The van der Waals surface area contributed by atoms with Gasteiger partial charge in [0.2, 0.25) is 0 Å². The van der Waals surface area contributed by atoms with Crippen molar-refractivity contribution in [3.05, 3.63) is 33.9 Å². The zero-order valence-electron chi connectivity index (χ0n) is 11.4. The molecule has 1 heterocycles. The molecule has 0 aliphatic carbocycles. The zero-order valence-corrected chi connectivity index (χ0v) is 11.4. The van der Waals surface area contributed by atoms with Crippen LogP contribution in [0.3, 0.4) is 0 Å². The Morgan fingerprint density at radius 3 is 2.61 bits per heavy atom. The van der Waals surface area contributed by atoms with Gasteiger partial charge < -0.3 is 9.38 Å². The van der Waals surface area contributed by atoms with E-state index in [1.54, 1.807) is 12.1 Å². The average Bonchev–Trinajstić information content (AvgIpc) is 2.68. The number of non-ortho nitro benzene ring substituents is 1. The fourth-order valence-corrected chi connectivity index (χ4v) is 2.31. The smallest absolute Gasteiger partial charge is 0.271 e. The minimum absolute atomic E-state index is 0.175. The SMILES string of the molecule is CC(N1CCc2ccc([N+](=O)[O-])cc21)[N+](C)(C)C. The molecular weight excluding hydrogens is 230 g/mol. The lowest BCUT2D eigenvalue weighted by molar-refractivity contribution is -0.893. The Morgan fingerprint density at radius 1 is 1.39 bits per heavy atom. The summed E-state index contributed by atoms with van der Waals surface area (Å²) in [5.74, 6) is 0. The van der Waals surface area contributed by atoms with E-state index in [2.05, 4.69) is 33.0 Å². The van der Waals surface area contributed by atoms with Crippen LogP contribution in [0.25, 0.3) is 0 Å². The van der Waals surface area contributed by atoms with Gasteiger partial charge in [-0.1, -0.05) is 6.07 Å². The Balaban J connectivity index is 2.37. The quantitative estimate of drug-likeness (QED) is 0.468. The first kappa shape index (κ1) is 12.8. The number of rotatable bonds is 3. The Bertz CT molecular complexity index is 480. The van der Waals surface area contributed by atoms with E-state index >= 15 is 0 Å². The van der Waals surface area contributed by atoms with Gasteiger partial charge in [0.25, 0.3) is 5.69 Å². The summed E-state index contributed by atoms with van der Waals surface area (Å²) in [6, 6.07) is 5.18. The van der Waals surface area contributed by atoms with Crippen molar-refractivity contribution >= 4 is 11.4 Å². The van der Waals surface area contributed by atoms with Crippen LogP contribution in [0.4, 0.5) is 11.4 Å². The van der Waals surface area contributed by atoms with Crippen molar-refractivity contribution < 1.29 is 9.41 Å². The summed E-state index contributed by atoms with van der Waals surface area (Å²) < 4.78 is 0.808. The van der Waals surface area contributed by atoms with Gasteiger partial charge in [-0.2, -0.15) is 0 Å². The molecule has 1 aliphatic rings. The van der Waals surface area contributed by atoms with Gasteiger partial charge in [-0.3, -0.25) is 10.1 Å². The van der Waals surface area contributed by atoms with Gasteiger partial charge in [0.05, 0.1) is 31.8 Å². The highest BCUT2D eigenvalue weighted by molar-refractivity contribution is 5.62. The minimum Gasteiger partial charge on any atom is -0.322 e. The third-order valence-electron chi connectivity index (χ3n) is 3.78. The van der Waals surface area contributed by atoms with Crippen LogP contribution in [-0.2, 0) is 6.42 Å². The van der Waals surface area contributed by atoms with Crippen LogP contribution >= 0.6 is 0 Å². The summed E-state index contributed by atoms with van der Waals surface area (Å²) in [6.07, 6.45) is 1.27. The van der Waals surface area contributed by atoms with E-state index in [0.29, 0.717) is 6.17 Å². The van der Waals surface area contributed by atoms with Crippen LogP contribution in [0.2, 0.25) is 0 Å². The lowest BCUT2D eigenvalue weighted by Gasteiger charge is -2.38. The van der Waals surface area contributed by atoms with Crippen molar-refractivity contribution in [2.24, 2.45) is 0 Å². The van der Waals surface area contributed by atoms with Gasteiger partial charge in [0.1, 0.15) is 0 Å². The third-order valence-corrected chi connectivity index (χ3v) is 3.78. The summed E-state index contributed by atoms with van der Waals surface area (Å²) in [5, 5.41) is 10.9. The van der Waals surface area contributed by atoms with E-state index in [-0.39, 0.29) is 10.6 Å². The molecule has 0 radical (unpaired) electrons. The molecule has 0 amide bonds. The van der Waals surface area contributed by atoms with E-state index < -0.39 is 0 Å². The predicted octanol–water partition coefficient (Wildman–Crippen LogP) is 2.01. The molecule has 98 valence electrons. The summed E-state index contributed by atoms with van der Waals surface area (Å²) in [7, 11) is 6.42. The molecule has 0 aromatic heterocycles. The number of anilines is 1.